The molecule has 0 aromatic heterocycles. The van der Waals surface area contributed by atoms with Gasteiger partial charge in [-0.15, -0.1) is 0 Å². The van der Waals surface area contributed by atoms with Crippen LogP contribution in [0.3, 0.4) is 0 Å². The number of amides is 2. The van der Waals surface area contributed by atoms with Gasteiger partial charge >= 0.3 is 0 Å². The molecule has 0 spiro atoms. The molecule has 0 aliphatic rings. The van der Waals surface area contributed by atoms with E-state index in [0.29, 0.717) is 25.1 Å². The number of carbonyl (C=O) groups is 2. The Bertz CT molecular complexity index is 1340. The van der Waals surface area contributed by atoms with Gasteiger partial charge in [-0.3, -0.25) is 13.9 Å². The van der Waals surface area contributed by atoms with Gasteiger partial charge in [-0.25, -0.2) is 8.42 Å². The molecule has 1 unspecified atom stereocenters. The lowest BCUT2D eigenvalue weighted by Crippen LogP contribution is -2.53. The Hall–Kier alpha value is -3.65. The summed E-state index contributed by atoms with van der Waals surface area (Å²) in [6, 6.07) is 22.7. The number of hydrogen-bond donors (Lipinski definition) is 1. The summed E-state index contributed by atoms with van der Waals surface area (Å²) >= 11 is 0. The van der Waals surface area contributed by atoms with Gasteiger partial charge in [0.1, 0.15) is 12.6 Å². The van der Waals surface area contributed by atoms with Gasteiger partial charge < -0.3 is 10.2 Å². The molecule has 0 heterocycles. The molecular formula is C32H41N3O4S. The molecule has 1 N–H and O–H groups in total. The number of benzene rings is 3. The largest absolute Gasteiger partial charge is 0.354 e. The third-order valence-electron chi connectivity index (χ3n) is 6.80. The van der Waals surface area contributed by atoms with Crippen LogP contribution in [0.15, 0.2) is 83.8 Å². The summed E-state index contributed by atoms with van der Waals surface area (Å²) in [7, 11) is -4.07. The highest BCUT2D eigenvalue weighted by Gasteiger charge is 2.33. The fourth-order valence-electron chi connectivity index (χ4n) is 4.75. The average molecular weight is 564 g/mol. The van der Waals surface area contributed by atoms with Crippen LogP contribution in [0.25, 0.3) is 0 Å². The second-order valence-corrected chi connectivity index (χ2v) is 11.9. The van der Waals surface area contributed by atoms with Crippen molar-refractivity contribution in [3.8, 4) is 0 Å². The molecule has 0 fully saturated rings. The monoisotopic (exact) mass is 563 g/mol. The van der Waals surface area contributed by atoms with Crippen molar-refractivity contribution in [3.63, 3.8) is 0 Å². The third kappa shape index (κ3) is 8.18. The minimum absolute atomic E-state index is 0.0992. The van der Waals surface area contributed by atoms with Crippen molar-refractivity contribution in [3.05, 3.63) is 95.6 Å². The summed E-state index contributed by atoms with van der Waals surface area (Å²) in [4.78, 5) is 28.9. The first kappa shape index (κ1) is 30.9. The molecular weight excluding hydrogens is 522 g/mol. The van der Waals surface area contributed by atoms with Crippen molar-refractivity contribution < 1.29 is 18.0 Å². The van der Waals surface area contributed by atoms with Crippen molar-refractivity contribution in [1.82, 2.24) is 10.2 Å². The second-order valence-electron chi connectivity index (χ2n) is 10.1. The highest BCUT2D eigenvalue weighted by Crippen LogP contribution is 2.26. The molecule has 2 amide bonds. The van der Waals surface area contributed by atoms with E-state index in [0.717, 1.165) is 29.5 Å². The minimum Gasteiger partial charge on any atom is -0.354 e. The maximum Gasteiger partial charge on any atom is 0.264 e. The molecule has 0 saturated carbocycles. The second kappa shape index (κ2) is 14.7. The van der Waals surface area contributed by atoms with Crippen LogP contribution >= 0.6 is 0 Å². The van der Waals surface area contributed by atoms with Crippen LogP contribution in [0.1, 0.15) is 49.8 Å². The van der Waals surface area contributed by atoms with E-state index >= 15 is 0 Å². The number of nitrogens with zero attached hydrogens (tertiary/aromatic N) is 2. The SMILES string of the molecule is CCCCNC(=O)C(CC)N(CCc1ccccc1)C(=O)CN(c1cc(C)cc(C)c1)S(=O)(=O)c1ccccc1. The summed E-state index contributed by atoms with van der Waals surface area (Å²) in [6.45, 7) is 8.10. The summed E-state index contributed by atoms with van der Waals surface area (Å²) < 4.78 is 29.0. The molecule has 0 aliphatic heterocycles. The van der Waals surface area contributed by atoms with Crippen molar-refractivity contribution in [1.29, 1.82) is 0 Å². The van der Waals surface area contributed by atoms with Crippen LogP contribution in [0.5, 0.6) is 0 Å². The zero-order valence-electron chi connectivity index (χ0n) is 24.0. The number of unbranched alkanes of at least 4 members (excludes halogenated alkanes) is 1. The molecule has 3 aromatic rings. The maximum atomic E-state index is 14.1. The van der Waals surface area contributed by atoms with Crippen LogP contribution in [0, 0.1) is 13.8 Å². The highest BCUT2D eigenvalue weighted by molar-refractivity contribution is 7.92. The van der Waals surface area contributed by atoms with Crippen LogP contribution in [-0.4, -0.2) is 50.8 Å². The minimum atomic E-state index is -4.07. The smallest absolute Gasteiger partial charge is 0.264 e. The van der Waals surface area contributed by atoms with Crippen molar-refractivity contribution in [2.75, 3.05) is 23.9 Å². The third-order valence-corrected chi connectivity index (χ3v) is 8.59. The summed E-state index contributed by atoms with van der Waals surface area (Å²) in [5, 5.41) is 2.96. The standard InChI is InChI=1S/C32H41N3O4S/c1-5-7-19-33-32(37)30(6-2)34(20-18-27-14-10-8-11-15-27)31(36)24-35(28-22-25(3)21-26(4)23-28)40(38,39)29-16-12-9-13-17-29/h8-17,21-23,30H,5-7,18-20,24H2,1-4H3,(H,33,37). The highest BCUT2D eigenvalue weighted by atomic mass is 32.2. The van der Waals surface area contributed by atoms with Crippen molar-refractivity contribution in [2.24, 2.45) is 0 Å². The van der Waals surface area contributed by atoms with Gasteiger partial charge in [-0.05, 0) is 74.1 Å². The molecule has 0 bridgehead atoms. The lowest BCUT2D eigenvalue weighted by Gasteiger charge is -2.33. The first-order valence-corrected chi connectivity index (χ1v) is 15.4. The summed E-state index contributed by atoms with van der Waals surface area (Å²) in [5.74, 6) is -0.645. The first-order chi connectivity index (χ1) is 19.2. The Labute approximate surface area is 239 Å². The van der Waals surface area contributed by atoms with Gasteiger partial charge in [0.2, 0.25) is 11.8 Å². The molecule has 3 rings (SSSR count). The Balaban J connectivity index is 2.00. The van der Waals surface area contributed by atoms with E-state index in [1.54, 1.807) is 35.2 Å². The van der Waals surface area contributed by atoms with Crippen LogP contribution in [0.4, 0.5) is 5.69 Å². The molecule has 0 aliphatic carbocycles. The van der Waals surface area contributed by atoms with E-state index in [1.807, 2.05) is 64.1 Å². The Morgan fingerprint density at radius 2 is 1.48 bits per heavy atom. The van der Waals surface area contributed by atoms with Gasteiger partial charge in [0.25, 0.3) is 10.0 Å². The number of anilines is 1. The molecule has 7 nitrogen and oxygen atoms in total. The van der Waals surface area contributed by atoms with Gasteiger partial charge in [0.05, 0.1) is 10.6 Å². The zero-order valence-corrected chi connectivity index (χ0v) is 24.8. The predicted octanol–water partition coefficient (Wildman–Crippen LogP) is 5.26. The Kier molecular flexibility index (Phi) is 11.3. The normalized spacial score (nSPS) is 12.0. The number of carbonyl (C=O) groups excluding carboxylic acids is 2. The molecule has 8 heteroatoms. The predicted molar refractivity (Wildman–Crippen MR) is 161 cm³/mol. The lowest BCUT2D eigenvalue weighted by molar-refractivity contribution is -0.139. The Morgan fingerprint density at radius 1 is 0.875 bits per heavy atom. The first-order valence-electron chi connectivity index (χ1n) is 13.9. The molecule has 1 atom stereocenters. The van der Waals surface area contributed by atoms with Crippen LogP contribution < -0.4 is 9.62 Å². The molecule has 214 valence electrons. The molecule has 3 aromatic carbocycles. The number of aryl methyl sites for hydroxylation is 2. The maximum absolute atomic E-state index is 14.1. The lowest BCUT2D eigenvalue weighted by atomic mass is 10.1. The fourth-order valence-corrected chi connectivity index (χ4v) is 6.16. The van der Waals surface area contributed by atoms with E-state index in [1.165, 1.54) is 16.4 Å². The van der Waals surface area contributed by atoms with Crippen LogP contribution in [-0.2, 0) is 26.0 Å². The van der Waals surface area contributed by atoms with Crippen molar-refractivity contribution in [2.45, 2.75) is 64.3 Å². The summed E-state index contributed by atoms with van der Waals surface area (Å²) in [5.41, 5.74) is 3.22. The molecule has 0 saturated heterocycles. The number of hydrogen-bond acceptors (Lipinski definition) is 4. The molecule has 0 radical (unpaired) electrons. The summed E-state index contributed by atoms with van der Waals surface area (Å²) in [6.07, 6.45) is 2.74. The van der Waals surface area contributed by atoms with Gasteiger partial charge in [-0.1, -0.05) is 74.9 Å². The van der Waals surface area contributed by atoms with E-state index < -0.39 is 28.5 Å². The number of nitrogens with one attached hydrogen (secondary N) is 1. The quantitative estimate of drug-likeness (QED) is 0.271. The van der Waals surface area contributed by atoms with E-state index in [4.69, 9.17) is 0 Å². The zero-order chi connectivity index (χ0) is 29.1. The average Bonchev–Trinajstić information content (AvgIpc) is 2.94. The van der Waals surface area contributed by atoms with E-state index in [9.17, 15) is 18.0 Å². The van der Waals surface area contributed by atoms with Crippen molar-refractivity contribution >= 4 is 27.5 Å². The van der Waals surface area contributed by atoms with Crippen LogP contribution in [0.2, 0.25) is 0 Å². The molecule has 40 heavy (non-hydrogen) atoms. The topological polar surface area (TPSA) is 86.8 Å². The Morgan fingerprint density at radius 3 is 2.05 bits per heavy atom. The van der Waals surface area contributed by atoms with Gasteiger partial charge in [0.15, 0.2) is 0 Å². The fraction of sp³-hybridized carbons (Fsp3) is 0.375. The number of sulfonamides is 1. The van der Waals surface area contributed by atoms with Gasteiger partial charge in [-0.2, -0.15) is 0 Å². The van der Waals surface area contributed by atoms with E-state index in [-0.39, 0.29) is 17.3 Å². The van der Waals surface area contributed by atoms with E-state index in [2.05, 4.69) is 5.32 Å². The number of rotatable bonds is 14. The van der Waals surface area contributed by atoms with Gasteiger partial charge in [0, 0.05) is 13.1 Å².